The molecule has 24 rings (SSSR count). The van der Waals surface area contributed by atoms with Crippen molar-refractivity contribution in [3.63, 3.8) is 0 Å². The summed E-state index contributed by atoms with van der Waals surface area (Å²) in [6.45, 7) is 7.79. The molecule has 0 amide bonds. The van der Waals surface area contributed by atoms with Gasteiger partial charge in [-0.25, -0.2) is 19.9 Å². The van der Waals surface area contributed by atoms with Crippen LogP contribution in [-0.2, 0) is 80.4 Å². The van der Waals surface area contributed by atoms with Crippen molar-refractivity contribution in [2.45, 2.75) is 67.1 Å². The molecule has 0 saturated heterocycles. The Morgan fingerprint density at radius 2 is 0.609 bits per heavy atom. The molecule has 0 fully saturated rings. The molecule has 0 N–H and O–H groups in total. The Kier molecular flexibility index (Phi) is 33.0. The summed E-state index contributed by atoms with van der Waals surface area (Å²) in [7, 11) is 0. The first-order valence-electron chi connectivity index (χ1n) is 46.3. The van der Waals surface area contributed by atoms with Gasteiger partial charge < -0.3 is 57.5 Å². The van der Waals surface area contributed by atoms with E-state index in [2.05, 4.69) is 179 Å². The monoisotopic (exact) mass is 2510 g/mol. The molecule has 688 valence electrons. The fraction of sp³-hybridized carbons (Fsp3) is 0.0847. The number of nitrogens with zero attached hydrogens (tertiary/aromatic N) is 12. The third kappa shape index (κ3) is 25.2. The van der Waals surface area contributed by atoms with E-state index in [4.69, 9.17) is 25.9 Å². The average Bonchev–Trinajstić information content (AvgIpc) is 1.47. The van der Waals surface area contributed by atoms with Crippen LogP contribution in [0.25, 0.3) is 178 Å². The second-order valence-electron chi connectivity index (χ2n) is 31.3. The smallest absolute Gasteiger partial charge is 0.216 e. The minimum absolute atomic E-state index is 0. The van der Waals surface area contributed by atoms with Crippen molar-refractivity contribution in [3.05, 3.63) is 460 Å². The maximum atomic E-state index is 7.50. The van der Waals surface area contributed by atoms with Crippen LogP contribution in [0.2, 0.25) is 0 Å². The minimum Gasteiger partial charge on any atom is -0.486 e. The molecule has 138 heavy (non-hydrogen) atoms. The fourth-order valence-corrected chi connectivity index (χ4v) is 14.5. The molecule has 16 heterocycles. The zero-order valence-corrected chi connectivity index (χ0v) is 84.9. The molecule has 0 aliphatic rings. The van der Waals surface area contributed by atoms with Crippen molar-refractivity contribution in [2.24, 2.45) is 0 Å². The Labute approximate surface area is 864 Å². The Hall–Kier alpha value is -14.6. The Morgan fingerprint density at radius 3 is 0.993 bits per heavy atom. The van der Waals surface area contributed by atoms with Crippen LogP contribution in [0.5, 0.6) is 0 Å². The quantitative estimate of drug-likeness (QED) is 0.117. The van der Waals surface area contributed by atoms with E-state index < -0.39 is 13.7 Å². The van der Waals surface area contributed by atoms with Gasteiger partial charge in [0.15, 0.2) is 0 Å². The number of furan rings is 4. The molecular formula is C118H88Ir4N12O4-8. The van der Waals surface area contributed by atoms with Gasteiger partial charge in [0.05, 0.1) is 22.3 Å². The Bertz CT molecular complexity index is 7920. The maximum absolute atomic E-state index is 7.50. The first-order valence-corrected chi connectivity index (χ1v) is 43.3. The molecule has 16 aromatic heterocycles. The molecule has 8 aromatic carbocycles. The van der Waals surface area contributed by atoms with Crippen molar-refractivity contribution in [2.75, 3.05) is 0 Å². The summed E-state index contributed by atoms with van der Waals surface area (Å²) >= 11 is 0. The van der Waals surface area contributed by atoms with Gasteiger partial charge in [-0.2, -0.15) is 0 Å². The van der Waals surface area contributed by atoms with Crippen LogP contribution in [0.3, 0.4) is 0 Å². The van der Waals surface area contributed by atoms with E-state index in [1.165, 1.54) is 28.3 Å². The molecule has 0 aliphatic carbocycles. The van der Waals surface area contributed by atoms with Gasteiger partial charge in [-0.15, -0.1) is 228 Å². The van der Waals surface area contributed by atoms with Gasteiger partial charge in [-0.1, -0.05) is 155 Å². The predicted octanol–water partition coefficient (Wildman–Crippen LogP) is 29.0. The first kappa shape index (κ1) is 92.4. The molecule has 0 atom stereocenters. The zero-order valence-electron chi connectivity index (χ0n) is 81.3. The zero-order chi connectivity index (χ0) is 96.9. The molecule has 24 aromatic rings. The molecule has 16 nitrogen and oxygen atoms in total. The first-order chi connectivity index (χ1) is 68.2. The molecule has 0 spiro atoms. The SMILES string of the molecule is CC(C)c1ccnc(-c2[c-]ccc3c2oc2ncccc23)c1.CC(C)c1ccnc(-c2[c-]ccc3c2oc2ncccc23)c1.Cc1ccc(-c2[c-]cccc2)nc1.Cc1ccnc(-c2[c-]cccc2)c1.[2H]C([2H])([2H])c1cnc(-c2[c-]cccc2)cc1C([2H])([2H])[2H].[Ir].[Ir].[Ir].[Ir].[c-]1cc2oc3ncccc3c2cc1-c1ccccn1.[c-]1cc2oc3ncccc3c2cc1-c1ccccn1.[c-]1ccccc1-c1ccccn1. The Balaban J connectivity index is 0.000000139. The van der Waals surface area contributed by atoms with Gasteiger partial charge in [0.2, 0.25) is 22.9 Å². The number of hydrogen-bond donors (Lipinski definition) is 0. The summed E-state index contributed by atoms with van der Waals surface area (Å²) < 4.78 is 68.0. The fourth-order valence-electron chi connectivity index (χ4n) is 14.5. The van der Waals surface area contributed by atoms with Gasteiger partial charge in [-0.3, -0.25) is 0 Å². The van der Waals surface area contributed by atoms with Crippen molar-refractivity contribution >= 4 is 88.3 Å². The summed E-state index contributed by atoms with van der Waals surface area (Å²) in [6.07, 6.45) is 20.8. The number of rotatable bonds is 10. The second-order valence-corrected chi connectivity index (χ2v) is 31.3. The molecule has 0 aliphatic heterocycles. The van der Waals surface area contributed by atoms with Gasteiger partial charge in [0, 0.05) is 185 Å². The van der Waals surface area contributed by atoms with Crippen LogP contribution in [0.15, 0.2) is 395 Å². The number of aryl methyl sites for hydroxylation is 4. The predicted molar refractivity (Wildman–Crippen MR) is 535 cm³/mol. The molecule has 0 bridgehead atoms. The molecular weight excluding hydrogens is 2420 g/mol. The number of fused-ring (bicyclic) bond motifs is 12. The van der Waals surface area contributed by atoms with Gasteiger partial charge in [-0.05, 0) is 181 Å². The maximum Gasteiger partial charge on any atom is 0.216 e. The van der Waals surface area contributed by atoms with E-state index in [0.29, 0.717) is 45.9 Å². The summed E-state index contributed by atoms with van der Waals surface area (Å²) in [4.78, 5) is 51.6. The summed E-state index contributed by atoms with van der Waals surface area (Å²) in [6, 6.07) is 123. The summed E-state index contributed by atoms with van der Waals surface area (Å²) in [5.74, 6) is 0.914. The van der Waals surface area contributed by atoms with Gasteiger partial charge in [0.25, 0.3) is 0 Å². The van der Waals surface area contributed by atoms with Crippen molar-refractivity contribution in [1.82, 2.24) is 59.8 Å². The largest absolute Gasteiger partial charge is 0.486 e. The normalized spacial score (nSPS) is 11.3. The Morgan fingerprint density at radius 1 is 0.246 bits per heavy atom. The van der Waals surface area contributed by atoms with E-state index in [1.807, 2.05) is 268 Å². The second kappa shape index (κ2) is 49.2. The van der Waals surface area contributed by atoms with E-state index in [0.717, 1.165) is 150 Å². The van der Waals surface area contributed by atoms with Crippen molar-refractivity contribution < 1.29 is 106 Å². The standard InChI is InChI=1S/2C19H15N2O.2C16H9N2O.C13H12N.2C12H10N.C11H8N.4Ir/c2*1-12(2)13-8-10-20-17(11-13)16-6-3-5-14-15-7-4-9-21-19(15)22-18(14)16;2*1-2-8-17-14(5-1)11-6-7-15-13(10-11)12-4-3-9-18-16(12)19-15;1-10-8-13(14-9-11(10)2)12-6-4-3-5-7-12;1-10-7-8-13-12(9-10)11-5-3-2-4-6-11;1-10-7-8-12(13-9-10)11-5-3-2-4-6-11;1-2-6-10(7-3-1)11-8-4-5-9-12-11;;;;/h2*3-5,7-12H,1-2H3;2*1-5,7-10H;3-6,8-9H,1-2H3;2*2-5,7-9H,1H3;1-6,8-9H;;;;/q8*-1;;;;/i;;;;1D3,2D3;;;;;;;. The van der Waals surface area contributed by atoms with Gasteiger partial charge in [0.1, 0.15) is 0 Å². The van der Waals surface area contributed by atoms with Crippen LogP contribution in [0.1, 0.15) is 81.1 Å². The van der Waals surface area contributed by atoms with Crippen molar-refractivity contribution in [3.8, 4) is 90.1 Å². The third-order valence-electron chi connectivity index (χ3n) is 21.4. The van der Waals surface area contributed by atoms with Crippen LogP contribution < -0.4 is 0 Å². The molecule has 4 radical (unpaired) electrons. The minimum atomic E-state index is -2.50. The van der Waals surface area contributed by atoms with Crippen LogP contribution >= 0.6 is 0 Å². The molecule has 0 saturated carbocycles. The number of aromatic nitrogens is 12. The van der Waals surface area contributed by atoms with E-state index in [9.17, 15) is 0 Å². The van der Waals surface area contributed by atoms with Crippen molar-refractivity contribution in [1.29, 1.82) is 0 Å². The average molecular weight is 2510 g/mol. The van der Waals surface area contributed by atoms with Gasteiger partial charge >= 0.3 is 0 Å². The topological polar surface area (TPSA) is 207 Å². The van der Waals surface area contributed by atoms with E-state index in [-0.39, 0.29) is 91.5 Å². The number of hydrogen-bond acceptors (Lipinski definition) is 16. The summed E-state index contributed by atoms with van der Waals surface area (Å²) in [5, 5.41) is 8.26. The van der Waals surface area contributed by atoms with Crippen LogP contribution in [-0.4, -0.2) is 59.8 Å². The number of pyridine rings is 12. The summed E-state index contributed by atoms with van der Waals surface area (Å²) in [5.41, 5.74) is 24.6. The number of benzene rings is 8. The van der Waals surface area contributed by atoms with Crippen LogP contribution in [0, 0.1) is 76.1 Å². The molecule has 20 heteroatoms. The van der Waals surface area contributed by atoms with Crippen LogP contribution in [0.4, 0.5) is 0 Å². The van der Waals surface area contributed by atoms with E-state index >= 15 is 0 Å². The third-order valence-corrected chi connectivity index (χ3v) is 21.4. The molecule has 0 unspecified atom stereocenters. The van der Waals surface area contributed by atoms with E-state index in [1.54, 1.807) is 67.6 Å².